The van der Waals surface area contributed by atoms with Crippen LogP contribution in [0.3, 0.4) is 0 Å². The van der Waals surface area contributed by atoms with E-state index in [4.69, 9.17) is 11.5 Å². The van der Waals surface area contributed by atoms with Gasteiger partial charge in [-0.15, -0.1) is 0 Å². The van der Waals surface area contributed by atoms with E-state index >= 15 is 0 Å². The van der Waals surface area contributed by atoms with Gasteiger partial charge in [-0.25, -0.2) is 8.78 Å². The lowest BCUT2D eigenvalue weighted by Crippen LogP contribution is -2.42. The maximum atomic E-state index is 13.1. The Morgan fingerprint density at radius 3 is 2.36 bits per heavy atom. The third-order valence-corrected chi connectivity index (χ3v) is 4.22. The van der Waals surface area contributed by atoms with Crippen molar-refractivity contribution < 1.29 is 28.6 Å². The van der Waals surface area contributed by atoms with Gasteiger partial charge in [-0.3, -0.25) is 9.59 Å². The predicted octanol–water partition coefficient (Wildman–Crippen LogP) is 0.766. The van der Waals surface area contributed by atoms with Gasteiger partial charge in [0.25, 0.3) is 0 Å². The number of rotatable bonds is 10. The van der Waals surface area contributed by atoms with Crippen LogP contribution in [0.25, 0.3) is 0 Å². The molecule has 1 aromatic rings. The molecule has 0 heterocycles. The summed E-state index contributed by atoms with van der Waals surface area (Å²) in [4.78, 5) is 22.6. The Labute approximate surface area is 144 Å². The van der Waals surface area contributed by atoms with E-state index in [-0.39, 0.29) is 25.7 Å². The minimum atomic E-state index is -1.76. The first-order valence-electron chi connectivity index (χ1n) is 7.96. The maximum absolute atomic E-state index is 13.1. The van der Waals surface area contributed by atoms with Crippen molar-refractivity contribution in [1.82, 2.24) is 0 Å². The van der Waals surface area contributed by atoms with E-state index in [1.54, 1.807) is 0 Å². The van der Waals surface area contributed by atoms with E-state index in [2.05, 4.69) is 0 Å². The summed E-state index contributed by atoms with van der Waals surface area (Å²) < 4.78 is 26.0. The molecule has 2 amide bonds. The zero-order valence-corrected chi connectivity index (χ0v) is 14.0. The molecule has 3 atom stereocenters. The van der Waals surface area contributed by atoms with Crippen molar-refractivity contribution in [2.24, 2.45) is 17.4 Å². The topological polar surface area (TPSA) is 127 Å². The van der Waals surface area contributed by atoms with Crippen LogP contribution in [0.1, 0.15) is 38.2 Å². The van der Waals surface area contributed by atoms with E-state index in [0.29, 0.717) is 12.0 Å². The quantitative estimate of drug-likeness (QED) is 0.492. The van der Waals surface area contributed by atoms with Gasteiger partial charge in [-0.2, -0.15) is 0 Å². The number of halogens is 2. The van der Waals surface area contributed by atoms with Crippen molar-refractivity contribution in [2.45, 2.75) is 50.7 Å². The van der Waals surface area contributed by atoms with Crippen molar-refractivity contribution in [3.05, 3.63) is 35.4 Å². The molecule has 1 rings (SSSR count). The zero-order chi connectivity index (χ0) is 19.2. The summed E-state index contributed by atoms with van der Waals surface area (Å²) in [5.74, 6) is -4.22. The molecular formula is C17H24F2N2O4. The van der Waals surface area contributed by atoms with E-state index < -0.39 is 41.1 Å². The highest BCUT2D eigenvalue weighted by atomic mass is 19.2. The number of carbonyl (C=O) groups is 2. The summed E-state index contributed by atoms with van der Waals surface area (Å²) in [5.41, 5.74) is 9.11. The van der Waals surface area contributed by atoms with Gasteiger partial charge >= 0.3 is 0 Å². The molecule has 0 fully saturated rings. The van der Waals surface area contributed by atoms with Crippen LogP contribution in [0.4, 0.5) is 8.78 Å². The fourth-order valence-corrected chi connectivity index (χ4v) is 2.43. The van der Waals surface area contributed by atoms with Gasteiger partial charge in [0.2, 0.25) is 11.8 Å². The molecule has 1 aromatic carbocycles. The van der Waals surface area contributed by atoms with Gasteiger partial charge in [-0.05, 0) is 56.7 Å². The first-order valence-corrected chi connectivity index (χ1v) is 7.96. The van der Waals surface area contributed by atoms with Crippen LogP contribution in [0.2, 0.25) is 0 Å². The van der Waals surface area contributed by atoms with Crippen LogP contribution in [0, 0.1) is 17.6 Å². The number of nitrogens with two attached hydrogens (primary N) is 2. The average molecular weight is 358 g/mol. The molecule has 6 N–H and O–H groups in total. The molecule has 0 radical (unpaired) electrons. The Hall–Kier alpha value is -2.06. The number of aliphatic hydroxyl groups is 2. The Kier molecular flexibility index (Phi) is 7.44. The van der Waals surface area contributed by atoms with Crippen LogP contribution in [-0.2, 0) is 16.0 Å². The number of aliphatic hydroxyl groups excluding tert-OH is 1. The van der Waals surface area contributed by atoms with Crippen molar-refractivity contribution in [2.75, 3.05) is 0 Å². The second-order valence-electron chi connectivity index (χ2n) is 6.45. The van der Waals surface area contributed by atoms with Crippen LogP contribution in [-0.4, -0.2) is 33.7 Å². The highest BCUT2D eigenvalue weighted by molar-refractivity contribution is 5.82. The van der Waals surface area contributed by atoms with E-state index in [1.165, 1.54) is 13.0 Å². The van der Waals surface area contributed by atoms with E-state index in [9.17, 15) is 28.6 Å². The lowest BCUT2D eigenvalue weighted by atomic mass is 9.88. The molecule has 0 bridgehead atoms. The third kappa shape index (κ3) is 6.75. The monoisotopic (exact) mass is 358 g/mol. The second kappa shape index (κ2) is 8.87. The fourth-order valence-electron chi connectivity index (χ4n) is 2.43. The Bertz CT molecular complexity index is 623. The number of hydrogen-bond donors (Lipinski definition) is 4. The first-order chi connectivity index (χ1) is 11.5. The summed E-state index contributed by atoms with van der Waals surface area (Å²) in [5, 5.41) is 19.9. The second-order valence-corrected chi connectivity index (χ2v) is 6.45. The number of primary amides is 2. The molecule has 0 saturated carbocycles. The molecule has 1 unspecified atom stereocenters. The lowest BCUT2D eigenvalue weighted by Gasteiger charge is -2.23. The number of carbonyl (C=O) groups excluding carboxylic acids is 2. The van der Waals surface area contributed by atoms with Gasteiger partial charge in [0.05, 0.1) is 6.10 Å². The average Bonchev–Trinajstić information content (AvgIpc) is 2.52. The van der Waals surface area contributed by atoms with Crippen molar-refractivity contribution in [3.63, 3.8) is 0 Å². The highest BCUT2D eigenvalue weighted by Gasteiger charge is 2.30. The van der Waals surface area contributed by atoms with E-state index in [0.717, 1.165) is 12.1 Å². The molecular weight excluding hydrogens is 334 g/mol. The minimum absolute atomic E-state index is 0.0356. The molecule has 0 spiro atoms. The smallest absolute Gasteiger partial charge is 0.249 e. The molecule has 0 aliphatic heterocycles. The summed E-state index contributed by atoms with van der Waals surface area (Å²) in [6.45, 7) is 1.24. The Morgan fingerprint density at radius 2 is 1.84 bits per heavy atom. The van der Waals surface area contributed by atoms with Gasteiger partial charge in [0.15, 0.2) is 11.6 Å². The van der Waals surface area contributed by atoms with Crippen LogP contribution < -0.4 is 11.5 Å². The number of amides is 2. The molecule has 0 aliphatic rings. The SMILES string of the molecule is CC(O)(CC[C@H](C[C@@H](O)CCc1ccc(F)c(F)c1)C(N)=O)C(N)=O. The molecule has 0 aliphatic carbocycles. The standard InChI is InChI=1S/C17H24F2N2O4/c1-17(25,16(21)24)7-6-11(15(20)23)9-12(22)4-2-10-3-5-13(18)14(19)8-10/h3,5,8,11-12,22,25H,2,4,6-7,9H2,1H3,(H2,20,23)(H2,21,24)/t11-,12+,17?/m1/s1. The van der Waals surface area contributed by atoms with Crippen LogP contribution in [0.5, 0.6) is 0 Å². The van der Waals surface area contributed by atoms with Crippen LogP contribution in [0.15, 0.2) is 18.2 Å². The molecule has 140 valence electrons. The largest absolute Gasteiger partial charge is 0.393 e. The van der Waals surface area contributed by atoms with E-state index in [1.807, 2.05) is 0 Å². The van der Waals surface area contributed by atoms with Crippen molar-refractivity contribution in [3.8, 4) is 0 Å². The molecule has 0 saturated heterocycles. The molecule has 8 heteroatoms. The number of aryl methyl sites for hydroxylation is 1. The molecule has 0 aromatic heterocycles. The predicted molar refractivity (Wildman–Crippen MR) is 87.0 cm³/mol. The first kappa shape index (κ1) is 21.0. The lowest BCUT2D eigenvalue weighted by molar-refractivity contribution is -0.136. The van der Waals surface area contributed by atoms with Gasteiger partial charge < -0.3 is 21.7 Å². The molecule has 25 heavy (non-hydrogen) atoms. The number of hydrogen-bond acceptors (Lipinski definition) is 4. The summed E-state index contributed by atoms with van der Waals surface area (Å²) >= 11 is 0. The summed E-state index contributed by atoms with van der Waals surface area (Å²) in [7, 11) is 0. The minimum Gasteiger partial charge on any atom is -0.393 e. The highest BCUT2D eigenvalue weighted by Crippen LogP contribution is 2.22. The van der Waals surface area contributed by atoms with Crippen molar-refractivity contribution in [1.29, 1.82) is 0 Å². The van der Waals surface area contributed by atoms with Gasteiger partial charge in [-0.1, -0.05) is 6.07 Å². The van der Waals surface area contributed by atoms with Crippen LogP contribution >= 0.6 is 0 Å². The maximum Gasteiger partial charge on any atom is 0.249 e. The fraction of sp³-hybridized carbons (Fsp3) is 0.529. The van der Waals surface area contributed by atoms with Gasteiger partial charge in [0, 0.05) is 5.92 Å². The zero-order valence-electron chi connectivity index (χ0n) is 14.0. The Morgan fingerprint density at radius 1 is 1.20 bits per heavy atom. The van der Waals surface area contributed by atoms with Gasteiger partial charge in [0.1, 0.15) is 5.60 Å². The summed E-state index contributed by atoms with van der Waals surface area (Å²) in [6, 6.07) is 3.48. The molecule has 6 nitrogen and oxygen atoms in total. The normalized spacial score (nSPS) is 16.0. The Balaban J connectivity index is 2.55. The number of benzene rings is 1. The third-order valence-electron chi connectivity index (χ3n) is 4.22. The van der Waals surface area contributed by atoms with Crippen molar-refractivity contribution >= 4 is 11.8 Å². The summed E-state index contributed by atoms with van der Waals surface area (Å²) in [6.07, 6.45) is -0.318.